The Labute approximate surface area is 231 Å². The molecule has 0 fully saturated rings. The van der Waals surface area contributed by atoms with Crippen LogP contribution in [0.1, 0.15) is 23.0 Å². The minimum absolute atomic E-state index is 0.112. The van der Waals surface area contributed by atoms with Gasteiger partial charge in [-0.15, -0.1) is 0 Å². The molecule has 11 heteroatoms. The number of nitrogens with one attached hydrogen (secondary N) is 2. The smallest absolute Gasteiger partial charge is 0.307 e. The van der Waals surface area contributed by atoms with Crippen LogP contribution in [-0.4, -0.2) is 38.4 Å². The van der Waals surface area contributed by atoms with E-state index in [1.54, 1.807) is 36.4 Å². The van der Waals surface area contributed by atoms with Gasteiger partial charge in [0.05, 0.1) is 23.5 Å². The molecule has 0 atom stereocenters. The summed E-state index contributed by atoms with van der Waals surface area (Å²) in [4.78, 5) is 24.7. The topological polar surface area (TPSA) is 111 Å². The molecule has 196 valence electrons. The van der Waals surface area contributed by atoms with E-state index >= 15 is 0 Å². The van der Waals surface area contributed by atoms with Gasteiger partial charge in [-0.25, -0.2) is 9.82 Å². The van der Waals surface area contributed by atoms with Crippen molar-refractivity contribution in [2.75, 3.05) is 25.6 Å². The highest BCUT2D eigenvalue weighted by Gasteiger charge is 2.15. The Kier molecular flexibility index (Phi) is 8.79. The Hall–Kier alpha value is -4.13. The first kappa shape index (κ1) is 26.9. The van der Waals surface area contributed by atoms with Crippen LogP contribution in [-0.2, 0) is 4.79 Å². The van der Waals surface area contributed by atoms with E-state index in [1.165, 1.54) is 37.6 Å². The third-order valence-corrected chi connectivity index (χ3v) is 5.93. The first-order valence-electron chi connectivity index (χ1n) is 11.4. The fourth-order valence-corrected chi connectivity index (χ4v) is 4.21. The molecule has 1 aromatic heterocycles. The van der Waals surface area contributed by atoms with E-state index < -0.39 is 17.6 Å². The summed E-state index contributed by atoms with van der Waals surface area (Å²) < 4.78 is 35.8. The Balaban J connectivity index is 1.38. The van der Waals surface area contributed by atoms with Gasteiger partial charge in [0.25, 0.3) is 5.91 Å². The molecule has 0 radical (unpaired) electrons. The molecule has 0 saturated heterocycles. The molecule has 0 aliphatic carbocycles. The van der Waals surface area contributed by atoms with Gasteiger partial charge in [-0.1, -0.05) is 0 Å². The number of anilines is 1. The van der Waals surface area contributed by atoms with Crippen molar-refractivity contribution < 1.29 is 32.6 Å². The van der Waals surface area contributed by atoms with Gasteiger partial charge in [-0.2, -0.15) is 5.10 Å². The lowest BCUT2D eigenvalue weighted by Gasteiger charge is -2.13. The Bertz CT molecular complexity index is 1490. The van der Waals surface area contributed by atoms with Crippen molar-refractivity contribution in [3.8, 4) is 17.2 Å². The number of carbonyl (C=O) groups is 2. The number of amides is 2. The van der Waals surface area contributed by atoms with Gasteiger partial charge in [-0.05, 0) is 95.7 Å². The standard InChI is InChI=1S/C27H23FIN3O6/c1-3-36-20-8-9-22-17(12-20)13-24(38-22)27(34)32-30-14-16-10-21(29)26(23(11-16)35-2)37-15-25(33)31-19-6-4-18(28)5-7-19/h4-14H,3,15H2,1-2H3,(H,31,33)(H,32,34)/b30-14+. The van der Waals surface area contributed by atoms with E-state index in [-0.39, 0.29) is 12.4 Å². The number of hydrogen-bond donors (Lipinski definition) is 2. The molecule has 38 heavy (non-hydrogen) atoms. The van der Waals surface area contributed by atoms with Crippen LogP contribution in [0.4, 0.5) is 10.1 Å². The van der Waals surface area contributed by atoms with E-state index in [2.05, 4.69) is 15.8 Å². The van der Waals surface area contributed by atoms with Gasteiger partial charge in [0, 0.05) is 11.1 Å². The summed E-state index contributed by atoms with van der Waals surface area (Å²) in [6.07, 6.45) is 1.45. The number of hydrogen-bond acceptors (Lipinski definition) is 7. The predicted octanol–water partition coefficient (Wildman–Crippen LogP) is 5.37. The SMILES string of the molecule is CCOc1ccc2oc(C(=O)N/N=C/c3cc(I)c(OCC(=O)Nc4ccc(F)cc4)c(OC)c3)cc2c1. The van der Waals surface area contributed by atoms with Crippen LogP contribution >= 0.6 is 22.6 Å². The largest absolute Gasteiger partial charge is 0.494 e. The molecule has 9 nitrogen and oxygen atoms in total. The van der Waals surface area contributed by atoms with Gasteiger partial charge in [0.1, 0.15) is 17.1 Å². The molecule has 4 rings (SSSR count). The normalized spacial score (nSPS) is 10.9. The summed E-state index contributed by atoms with van der Waals surface area (Å²) in [6.45, 7) is 2.15. The fourth-order valence-electron chi connectivity index (χ4n) is 3.43. The van der Waals surface area contributed by atoms with E-state index in [4.69, 9.17) is 18.6 Å². The molecule has 0 spiro atoms. The van der Waals surface area contributed by atoms with Crippen molar-refractivity contribution in [1.29, 1.82) is 0 Å². The maximum absolute atomic E-state index is 13.0. The molecular weight excluding hydrogens is 608 g/mol. The highest BCUT2D eigenvalue weighted by Crippen LogP contribution is 2.33. The number of halogens is 2. The second-order valence-electron chi connectivity index (χ2n) is 7.82. The van der Waals surface area contributed by atoms with E-state index in [9.17, 15) is 14.0 Å². The zero-order valence-corrected chi connectivity index (χ0v) is 22.6. The molecule has 0 aliphatic rings. The summed E-state index contributed by atoms with van der Waals surface area (Å²) in [6, 6.07) is 15.7. The number of rotatable bonds is 10. The van der Waals surface area contributed by atoms with Crippen LogP contribution in [0.3, 0.4) is 0 Å². The van der Waals surface area contributed by atoms with Crippen molar-refractivity contribution in [3.05, 3.63) is 81.4 Å². The van der Waals surface area contributed by atoms with Gasteiger partial charge < -0.3 is 23.9 Å². The molecule has 0 aliphatic heterocycles. The Morgan fingerprint density at radius 1 is 1.08 bits per heavy atom. The summed E-state index contributed by atoms with van der Waals surface area (Å²) in [5, 5.41) is 7.38. The van der Waals surface area contributed by atoms with Gasteiger partial charge in [0.2, 0.25) is 0 Å². The molecule has 0 unspecified atom stereocenters. The molecule has 2 amide bonds. The number of furan rings is 1. The number of fused-ring (bicyclic) bond motifs is 1. The van der Waals surface area contributed by atoms with Crippen LogP contribution in [0, 0.1) is 9.39 Å². The first-order chi connectivity index (χ1) is 18.4. The maximum Gasteiger partial charge on any atom is 0.307 e. The molecule has 3 aromatic carbocycles. The lowest BCUT2D eigenvalue weighted by Crippen LogP contribution is -2.20. The average molecular weight is 631 g/mol. The van der Waals surface area contributed by atoms with Crippen LogP contribution < -0.4 is 25.0 Å². The molecule has 4 aromatic rings. The zero-order chi connectivity index (χ0) is 27.1. The summed E-state index contributed by atoms with van der Waals surface area (Å²) in [5.74, 6) is 0.231. The second kappa shape index (κ2) is 12.4. The van der Waals surface area contributed by atoms with Gasteiger partial charge >= 0.3 is 5.91 Å². The van der Waals surface area contributed by atoms with E-state index in [0.29, 0.717) is 44.3 Å². The maximum atomic E-state index is 13.0. The van der Waals surface area contributed by atoms with Crippen molar-refractivity contribution >= 4 is 57.3 Å². The number of hydrazone groups is 1. The van der Waals surface area contributed by atoms with Crippen molar-refractivity contribution in [2.45, 2.75) is 6.92 Å². The number of nitrogens with zero attached hydrogens (tertiary/aromatic N) is 1. The quantitative estimate of drug-likeness (QED) is 0.139. The number of carbonyl (C=O) groups excluding carboxylic acids is 2. The third kappa shape index (κ3) is 6.79. The highest BCUT2D eigenvalue weighted by molar-refractivity contribution is 14.1. The van der Waals surface area contributed by atoms with Crippen LogP contribution in [0.2, 0.25) is 0 Å². The van der Waals surface area contributed by atoms with Crippen molar-refractivity contribution in [3.63, 3.8) is 0 Å². The predicted molar refractivity (Wildman–Crippen MR) is 149 cm³/mol. The Morgan fingerprint density at radius 3 is 2.61 bits per heavy atom. The number of ether oxygens (including phenoxy) is 3. The summed E-state index contributed by atoms with van der Waals surface area (Å²) >= 11 is 2.05. The fraction of sp³-hybridized carbons (Fsp3) is 0.148. The number of methoxy groups -OCH3 is 1. The lowest BCUT2D eigenvalue weighted by atomic mass is 10.2. The third-order valence-electron chi connectivity index (χ3n) is 5.13. The van der Waals surface area contributed by atoms with Gasteiger partial charge in [-0.3, -0.25) is 9.59 Å². The van der Waals surface area contributed by atoms with Crippen LogP contribution in [0.5, 0.6) is 17.2 Å². The van der Waals surface area contributed by atoms with Crippen molar-refractivity contribution in [1.82, 2.24) is 5.43 Å². The molecule has 1 heterocycles. The van der Waals surface area contributed by atoms with E-state index in [1.807, 2.05) is 29.5 Å². The van der Waals surface area contributed by atoms with Crippen LogP contribution in [0.15, 0.2) is 70.2 Å². The van der Waals surface area contributed by atoms with E-state index in [0.717, 1.165) is 5.39 Å². The van der Waals surface area contributed by atoms with Crippen LogP contribution in [0.25, 0.3) is 11.0 Å². The first-order valence-corrected chi connectivity index (χ1v) is 12.5. The zero-order valence-electron chi connectivity index (χ0n) is 20.4. The second-order valence-corrected chi connectivity index (χ2v) is 8.98. The summed E-state index contributed by atoms with van der Waals surface area (Å²) in [5.41, 5.74) is 4.08. The van der Waals surface area contributed by atoms with Gasteiger partial charge in [0.15, 0.2) is 23.9 Å². The lowest BCUT2D eigenvalue weighted by molar-refractivity contribution is -0.118. The minimum Gasteiger partial charge on any atom is -0.494 e. The van der Waals surface area contributed by atoms with Crippen molar-refractivity contribution in [2.24, 2.45) is 5.10 Å². The number of benzene rings is 3. The molecule has 0 saturated carbocycles. The minimum atomic E-state index is -0.510. The monoisotopic (exact) mass is 631 g/mol. The molecular formula is C27H23FIN3O6. The molecule has 2 N–H and O–H groups in total. The molecule has 0 bridgehead atoms. The summed E-state index contributed by atoms with van der Waals surface area (Å²) in [7, 11) is 1.47. The average Bonchev–Trinajstić information content (AvgIpc) is 3.33. The highest BCUT2D eigenvalue weighted by atomic mass is 127. The Morgan fingerprint density at radius 2 is 1.87 bits per heavy atom.